The molecule has 0 amide bonds. The second kappa shape index (κ2) is 6.62. The maximum atomic E-state index is 11.2. The number of carbonyl (C=O) groups is 1. The summed E-state index contributed by atoms with van der Waals surface area (Å²) in [4.78, 5) is 18.4. The van der Waals surface area contributed by atoms with Crippen LogP contribution in [0.1, 0.15) is 29.8 Å². The number of nitrogens with one attached hydrogen (secondary N) is 2. The lowest BCUT2D eigenvalue weighted by Crippen LogP contribution is -2.11. The Morgan fingerprint density at radius 1 is 1.33 bits per heavy atom. The summed E-state index contributed by atoms with van der Waals surface area (Å²) in [7, 11) is 0. The summed E-state index contributed by atoms with van der Waals surface area (Å²) in [5, 5.41) is 13.1. The van der Waals surface area contributed by atoms with E-state index in [1.807, 2.05) is 24.3 Å². The minimum atomic E-state index is -0.961. The lowest BCUT2D eigenvalue weighted by Gasteiger charge is -2.11. The Hall–Kier alpha value is -3.02. The molecule has 0 spiro atoms. The fourth-order valence-electron chi connectivity index (χ4n) is 2.47. The van der Waals surface area contributed by atoms with Crippen LogP contribution in [0.25, 0.3) is 10.9 Å². The number of ether oxygens (including phenoxy) is 1. The zero-order valence-electron chi connectivity index (χ0n) is 13.5. The highest BCUT2D eigenvalue weighted by atomic mass is 16.5. The fourth-order valence-corrected chi connectivity index (χ4v) is 2.47. The number of H-pyrrole nitrogens is 1. The molecule has 6 heteroatoms. The summed E-state index contributed by atoms with van der Waals surface area (Å²) in [6, 6.07) is 9.51. The summed E-state index contributed by atoms with van der Waals surface area (Å²) >= 11 is 0. The number of carboxylic acid groups (broad SMARTS) is 1. The van der Waals surface area contributed by atoms with Crippen molar-refractivity contribution in [3.8, 4) is 5.75 Å². The minimum absolute atomic E-state index is 0.239. The van der Waals surface area contributed by atoms with Gasteiger partial charge in [-0.15, -0.1) is 0 Å². The first-order valence-corrected chi connectivity index (χ1v) is 7.71. The van der Waals surface area contributed by atoms with Crippen molar-refractivity contribution in [1.82, 2.24) is 9.97 Å². The molecule has 2 aromatic heterocycles. The third kappa shape index (κ3) is 3.48. The van der Waals surface area contributed by atoms with E-state index in [4.69, 9.17) is 4.74 Å². The smallest absolute Gasteiger partial charge is 0.337 e. The number of anilines is 1. The molecule has 0 fully saturated rings. The van der Waals surface area contributed by atoms with Crippen LogP contribution in [-0.2, 0) is 6.61 Å². The second-order valence-corrected chi connectivity index (χ2v) is 5.85. The number of carboxylic acids is 1. The summed E-state index contributed by atoms with van der Waals surface area (Å²) in [5.41, 5.74) is 2.00. The van der Waals surface area contributed by atoms with E-state index in [-0.39, 0.29) is 5.56 Å². The largest absolute Gasteiger partial charge is 0.489 e. The average Bonchev–Trinajstić information content (AvgIpc) is 2.96. The maximum absolute atomic E-state index is 11.2. The Bertz CT molecular complexity index is 871. The van der Waals surface area contributed by atoms with E-state index in [2.05, 4.69) is 29.1 Å². The standard InChI is InChI=1S/C18H19N3O3/c1-11(2)21-17-7-12(5-6-19-17)10-24-13-3-4-16-14(8-13)15(9-20-16)18(22)23/h3-9,11,20H,10H2,1-2H3,(H,19,21)(H,22,23). The number of benzene rings is 1. The predicted octanol–water partition coefficient (Wildman–Crippen LogP) is 3.66. The van der Waals surface area contributed by atoms with Crippen molar-refractivity contribution in [1.29, 1.82) is 0 Å². The van der Waals surface area contributed by atoms with Crippen molar-refractivity contribution in [2.45, 2.75) is 26.5 Å². The number of hydrogen-bond acceptors (Lipinski definition) is 4. The molecular formula is C18H19N3O3. The molecule has 0 saturated carbocycles. The van der Waals surface area contributed by atoms with Crippen molar-refractivity contribution >= 4 is 22.7 Å². The molecule has 2 heterocycles. The number of aromatic amines is 1. The van der Waals surface area contributed by atoms with E-state index in [9.17, 15) is 9.90 Å². The minimum Gasteiger partial charge on any atom is -0.489 e. The number of pyridine rings is 1. The SMILES string of the molecule is CC(C)Nc1cc(COc2ccc3[nH]cc(C(=O)O)c3c2)ccn1. The van der Waals surface area contributed by atoms with Gasteiger partial charge in [-0.2, -0.15) is 0 Å². The second-order valence-electron chi connectivity index (χ2n) is 5.85. The Balaban J connectivity index is 1.76. The van der Waals surface area contributed by atoms with Gasteiger partial charge in [-0.3, -0.25) is 0 Å². The molecule has 124 valence electrons. The topological polar surface area (TPSA) is 87.2 Å². The summed E-state index contributed by atoms with van der Waals surface area (Å²) in [5.74, 6) is 0.470. The maximum Gasteiger partial charge on any atom is 0.337 e. The predicted molar refractivity (Wildman–Crippen MR) is 92.6 cm³/mol. The molecule has 6 nitrogen and oxygen atoms in total. The van der Waals surface area contributed by atoms with Gasteiger partial charge in [0.25, 0.3) is 0 Å². The molecule has 3 rings (SSSR count). The van der Waals surface area contributed by atoms with Gasteiger partial charge < -0.3 is 20.1 Å². The van der Waals surface area contributed by atoms with Crippen molar-refractivity contribution in [3.05, 3.63) is 53.9 Å². The highest BCUT2D eigenvalue weighted by Gasteiger charge is 2.11. The molecular weight excluding hydrogens is 306 g/mol. The number of hydrogen-bond donors (Lipinski definition) is 3. The van der Waals surface area contributed by atoms with Gasteiger partial charge in [0, 0.05) is 29.3 Å². The van der Waals surface area contributed by atoms with Gasteiger partial charge >= 0.3 is 5.97 Å². The quantitative estimate of drug-likeness (QED) is 0.644. The van der Waals surface area contributed by atoms with Crippen LogP contribution in [-0.4, -0.2) is 27.1 Å². The first kappa shape index (κ1) is 15.9. The molecule has 1 aromatic carbocycles. The van der Waals surface area contributed by atoms with E-state index in [0.717, 1.165) is 16.9 Å². The summed E-state index contributed by atoms with van der Waals surface area (Å²) in [6.07, 6.45) is 3.23. The zero-order chi connectivity index (χ0) is 17.1. The van der Waals surface area contributed by atoms with E-state index in [1.165, 1.54) is 6.20 Å². The summed E-state index contributed by atoms with van der Waals surface area (Å²) < 4.78 is 5.80. The van der Waals surface area contributed by atoms with Crippen LogP contribution in [0.2, 0.25) is 0 Å². The van der Waals surface area contributed by atoms with E-state index >= 15 is 0 Å². The highest BCUT2D eigenvalue weighted by Crippen LogP contribution is 2.24. The Morgan fingerprint density at radius 2 is 2.17 bits per heavy atom. The molecule has 0 aliphatic heterocycles. The number of rotatable bonds is 6. The van der Waals surface area contributed by atoms with Crippen molar-refractivity contribution in [3.63, 3.8) is 0 Å². The highest BCUT2D eigenvalue weighted by molar-refractivity contribution is 6.03. The monoisotopic (exact) mass is 325 g/mol. The molecule has 0 unspecified atom stereocenters. The van der Waals surface area contributed by atoms with Gasteiger partial charge in [0.15, 0.2) is 0 Å². The zero-order valence-corrected chi connectivity index (χ0v) is 13.5. The molecule has 0 bridgehead atoms. The fraction of sp³-hybridized carbons (Fsp3) is 0.222. The van der Waals surface area contributed by atoms with Gasteiger partial charge in [-0.1, -0.05) is 0 Å². The van der Waals surface area contributed by atoms with Crippen molar-refractivity contribution in [2.24, 2.45) is 0 Å². The van der Waals surface area contributed by atoms with Crippen LogP contribution in [0, 0.1) is 0 Å². The molecule has 0 aliphatic carbocycles. The first-order valence-electron chi connectivity index (χ1n) is 7.71. The summed E-state index contributed by atoms with van der Waals surface area (Å²) in [6.45, 7) is 4.49. The number of fused-ring (bicyclic) bond motifs is 1. The van der Waals surface area contributed by atoms with Crippen LogP contribution >= 0.6 is 0 Å². The normalized spacial score (nSPS) is 11.0. The molecule has 0 saturated heterocycles. The van der Waals surface area contributed by atoms with Crippen LogP contribution in [0.3, 0.4) is 0 Å². The van der Waals surface area contributed by atoms with Crippen molar-refractivity contribution in [2.75, 3.05) is 5.32 Å². The number of nitrogens with zero attached hydrogens (tertiary/aromatic N) is 1. The number of aromatic carboxylic acids is 1. The van der Waals surface area contributed by atoms with Crippen molar-refractivity contribution < 1.29 is 14.6 Å². The average molecular weight is 325 g/mol. The first-order chi connectivity index (χ1) is 11.5. The molecule has 24 heavy (non-hydrogen) atoms. The van der Waals surface area contributed by atoms with Gasteiger partial charge in [0.05, 0.1) is 5.56 Å². The Kier molecular flexibility index (Phi) is 4.37. The van der Waals surface area contributed by atoms with E-state index in [1.54, 1.807) is 12.3 Å². The molecule has 3 aromatic rings. The van der Waals surface area contributed by atoms with Crippen LogP contribution < -0.4 is 10.1 Å². The Morgan fingerprint density at radius 3 is 2.92 bits per heavy atom. The van der Waals surface area contributed by atoms with Gasteiger partial charge in [0.1, 0.15) is 18.2 Å². The van der Waals surface area contributed by atoms with Gasteiger partial charge in [-0.25, -0.2) is 9.78 Å². The van der Waals surface area contributed by atoms with Crippen LogP contribution in [0.15, 0.2) is 42.7 Å². The molecule has 0 radical (unpaired) electrons. The molecule has 0 atom stereocenters. The third-order valence-electron chi connectivity index (χ3n) is 3.55. The van der Waals surface area contributed by atoms with E-state index < -0.39 is 5.97 Å². The number of aromatic nitrogens is 2. The lowest BCUT2D eigenvalue weighted by atomic mass is 10.1. The third-order valence-corrected chi connectivity index (χ3v) is 3.55. The lowest BCUT2D eigenvalue weighted by molar-refractivity contribution is 0.0699. The van der Waals surface area contributed by atoms with Gasteiger partial charge in [-0.05, 0) is 49.7 Å². The van der Waals surface area contributed by atoms with E-state index in [0.29, 0.717) is 23.8 Å². The van der Waals surface area contributed by atoms with Gasteiger partial charge in [0.2, 0.25) is 0 Å². The van der Waals surface area contributed by atoms with Crippen LogP contribution in [0.4, 0.5) is 5.82 Å². The molecule has 0 aliphatic rings. The Labute approximate surface area is 139 Å². The van der Waals surface area contributed by atoms with Crippen LogP contribution in [0.5, 0.6) is 5.75 Å². The molecule has 3 N–H and O–H groups in total.